The van der Waals surface area contributed by atoms with Crippen LogP contribution in [0.3, 0.4) is 0 Å². The average Bonchev–Trinajstić information content (AvgIpc) is 2.45. The van der Waals surface area contributed by atoms with E-state index in [1.54, 1.807) is 0 Å². The van der Waals surface area contributed by atoms with Crippen molar-refractivity contribution in [2.45, 2.75) is 25.6 Å². The number of hydrogen-bond donors (Lipinski definition) is 2. The lowest BCUT2D eigenvalue weighted by Crippen LogP contribution is -2.28. The van der Waals surface area contributed by atoms with Crippen molar-refractivity contribution < 1.29 is 5.11 Å². The summed E-state index contributed by atoms with van der Waals surface area (Å²) in [5, 5.41) is 13.0. The fourth-order valence-electron chi connectivity index (χ4n) is 1.88. The van der Waals surface area contributed by atoms with E-state index in [1.807, 2.05) is 36.4 Å². The van der Waals surface area contributed by atoms with Crippen molar-refractivity contribution in [3.63, 3.8) is 0 Å². The van der Waals surface area contributed by atoms with Gasteiger partial charge in [-0.25, -0.2) is 0 Å². The van der Waals surface area contributed by atoms with E-state index < -0.39 is 6.23 Å². The Labute approximate surface area is 120 Å². The number of rotatable bonds is 6. The number of aryl methyl sites for hydroxylation is 1. The van der Waals surface area contributed by atoms with Gasteiger partial charge in [0.1, 0.15) is 6.23 Å². The molecule has 2 aromatic carbocycles. The van der Waals surface area contributed by atoms with Crippen molar-refractivity contribution in [2.24, 2.45) is 0 Å². The highest BCUT2D eigenvalue weighted by atomic mass is 35.5. The molecule has 0 aliphatic carbocycles. The molecule has 0 radical (unpaired) electrons. The molecule has 0 aliphatic rings. The van der Waals surface area contributed by atoms with Gasteiger partial charge in [-0.2, -0.15) is 0 Å². The highest BCUT2D eigenvalue weighted by Crippen LogP contribution is 2.04. The first-order valence-corrected chi connectivity index (χ1v) is 6.34. The lowest BCUT2D eigenvalue weighted by atomic mass is 10.1. The van der Waals surface area contributed by atoms with E-state index in [4.69, 9.17) is 0 Å². The highest BCUT2D eigenvalue weighted by Gasteiger charge is 2.03. The van der Waals surface area contributed by atoms with Gasteiger partial charge in [-0.1, -0.05) is 60.7 Å². The molecule has 1 unspecified atom stereocenters. The first-order chi connectivity index (χ1) is 8.84. The van der Waals surface area contributed by atoms with Crippen LogP contribution in [-0.4, -0.2) is 11.3 Å². The molecule has 1 atom stereocenters. The second-order valence-electron chi connectivity index (χ2n) is 4.41. The third-order valence-electron chi connectivity index (χ3n) is 2.93. The predicted molar refractivity (Wildman–Crippen MR) is 81.3 cm³/mol. The average molecular weight is 278 g/mol. The summed E-state index contributed by atoms with van der Waals surface area (Å²) >= 11 is 0. The molecule has 0 aliphatic heterocycles. The lowest BCUT2D eigenvalue weighted by Gasteiger charge is -2.12. The van der Waals surface area contributed by atoms with E-state index in [0.717, 1.165) is 12.8 Å². The van der Waals surface area contributed by atoms with Gasteiger partial charge in [-0.15, -0.1) is 12.4 Å². The van der Waals surface area contributed by atoms with Crippen LogP contribution in [0, 0.1) is 0 Å². The summed E-state index contributed by atoms with van der Waals surface area (Å²) in [7, 11) is 0. The SMILES string of the molecule is Cl.OC(CCc1ccccc1)NCc1ccccc1. The van der Waals surface area contributed by atoms with Gasteiger partial charge in [0.05, 0.1) is 0 Å². The van der Waals surface area contributed by atoms with Crippen LogP contribution < -0.4 is 5.32 Å². The molecule has 0 bridgehead atoms. The van der Waals surface area contributed by atoms with Gasteiger partial charge in [-0.3, -0.25) is 5.32 Å². The maximum atomic E-state index is 9.86. The van der Waals surface area contributed by atoms with Crippen LogP contribution >= 0.6 is 12.4 Å². The fourth-order valence-corrected chi connectivity index (χ4v) is 1.88. The Kier molecular flexibility index (Phi) is 7.19. The van der Waals surface area contributed by atoms with Crippen molar-refractivity contribution in [3.05, 3.63) is 71.8 Å². The first kappa shape index (κ1) is 15.7. The number of nitrogens with one attached hydrogen (secondary N) is 1. The van der Waals surface area contributed by atoms with Crippen LogP contribution in [0.1, 0.15) is 17.5 Å². The summed E-state index contributed by atoms with van der Waals surface area (Å²) in [6, 6.07) is 20.4. The monoisotopic (exact) mass is 277 g/mol. The van der Waals surface area contributed by atoms with Gasteiger partial charge >= 0.3 is 0 Å². The van der Waals surface area contributed by atoms with E-state index in [2.05, 4.69) is 29.6 Å². The molecule has 0 amide bonds. The minimum absolute atomic E-state index is 0. The van der Waals surface area contributed by atoms with Crippen LogP contribution in [0.15, 0.2) is 60.7 Å². The molecule has 0 saturated heterocycles. The smallest absolute Gasteiger partial charge is 0.105 e. The van der Waals surface area contributed by atoms with Crippen LogP contribution in [-0.2, 0) is 13.0 Å². The van der Waals surface area contributed by atoms with Crippen molar-refractivity contribution in [1.29, 1.82) is 0 Å². The Morgan fingerprint density at radius 1 is 0.842 bits per heavy atom. The van der Waals surface area contributed by atoms with Gasteiger partial charge in [0.25, 0.3) is 0 Å². The van der Waals surface area contributed by atoms with E-state index in [1.165, 1.54) is 11.1 Å². The van der Waals surface area contributed by atoms with Crippen LogP contribution in [0.5, 0.6) is 0 Å². The van der Waals surface area contributed by atoms with E-state index in [9.17, 15) is 5.11 Å². The van der Waals surface area contributed by atoms with E-state index >= 15 is 0 Å². The zero-order chi connectivity index (χ0) is 12.6. The molecule has 3 heteroatoms. The largest absolute Gasteiger partial charge is 0.379 e. The van der Waals surface area contributed by atoms with Crippen LogP contribution in [0.25, 0.3) is 0 Å². The summed E-state index contributed by atoms with van der Waals surface area (Å²) in [5.74, 6) is 0. The second-order valence-corrected chi connectivity index (χ2v) is 4.41. The summed E-state index contributed by atoms with van der Waals surface area (Å²) in [6.07, 6.45) is 1.17. The van der Waals surface area contributed by atoms with E-state index in [0.29, 0.717) is 6.54 Å². The van der Waals surface area contributed by atoms with Gasteiger partial charge < -0.3 is 5.11 Å². The Bertz CT molecular complexity index is 403. The molecule has 0 spiro atoms. The Hall–Kier alpha value is -1.35. The third-order valence-corrected chi connectivity index (χ3v) is 2.93. The maximum absolute atomic E-state index is 9.86. The number of benzene rings is 2. The molecule has 0 heterocycles. The second kappa shape index (κ2) is 8.70. The molecule has 102 valence electrons. The minimum atomic E-state index is -0.453. The molecule has 19 heavy (non-hydrogen) atoms. The Morgan fingerprint density at radius 2 is 1.37 bits per heavy atom. The van der Waals surface area contributed by atoms with Gasteiger partial charge in [0, 0.05) is 6.54 Å². The van der Waals surface area contributed by atoms with Crippen molar-refractivity contribution in [1.82, 2.24) is 5.32 Å². The number of halogens is 1. The molecule has 0 fully saturated rings. The number of aliphatic hydroxyl groups is 1. The third kappa shape index (κ3) is 5.88. The molecule has 0 saturated carbocycles. The Balaban J connectivity index is 0.00000180. The highest BCUT2D eigenvalue weighted by molar-refractivity contribution is 5.85. The summed E-state index contributed by atoms with van der Waals surface area (Å²) in [4.78, 5) is 0. The Morgan fingerprint density at radius 3 is 1.95 bits per heavy atom. The first-order valence-electron chi connectivity index (χ1n) is 6.34. The van der Waals surface area contributed by atoms with Crippen molar-refractivity contribution >= 4 is 12.4 Å². The normalized spacial score (nSPS) is 11.6. The molecular formula is C16H20ClNO. The lowest BCUT2D eigenvalue weighted by molar-refractivity contribution is 0.126. The van der Waals surface area contributed by atoms with Gasteiger partial charge in [0.15, 0.2) is 0 Å². The summed E-state index contributed by atoms with van der Waals surface area (Å²) in [6.45, 7) is 0.705. The van der Waals surface area contributed by atoms with Crippen LogP contribution in [0.2, 0.25) is 0 Å². The quantitative estimate of drug-likeness (QED) is 0.795. The zero-order valence-electron chi connectivity index (χ0n) is 10.8. The molecule has 2 aromatic rings. The zero-order valence-corrected chi connectivity index (χ0v) is 11.6. The predicted octanol–water partition coefficient (Wildman–Crippen LogP) is 3.15. The molecule has 2 nitrogen and oxygen atoms in total. The fraction of sp³-hybridized carbons (Fsp3) is 0.250. The van der Waals surface area contributed by atoms with Crippen LogP contribution in [0.4, 0.5) is 0 Å². The number of hydrogen-bond acceptors (Lipinski definition) is 2. The van der Waals surface area contributed by atoms with Crippen molar-refractivity contribution in [2.75, 3.05) is 0 Å². The van der Waals surface area contributed by atoms with Crippen molar-refractivity contribution in [3.8, 4) is 0 Å². The maximum Gasteiger partial charge on any atom is 0.105 e. The topological polar surface area (TPSA) is 32.3 Å². The molecule has 0 aromatic heterocycles. The minimum Gasteiger partial charge on any atom is -0.379 e. The molecule has 2 rings (SSSR count). The summed E-state index contributed by atoms with van der Waals surface area (Å²) < 4.78 is 0. The van der Waals surface area contributed by atoms with Gasteiger partial charge in [0.2, 0.25) is 0 Å². The summed E-state index contributed by atoms with van der Waals surface area (Å²) in [5.41, 5.74) is 2.45. The number of aliphatic hydroxyl groups excluding tert-OH is 1. The molecular weight excluding hydrogens is 258 g/mol. The van der Waals surface area contributed by atoms with E-state index in [-0.39, 0.29) is 12.4 Å². The standard InChI is InChI=1S/C16H19NO.ClH/c18-16(12-11-14-7-3-1-4-8-14)17-13-15-9-5-2-6-10-15;/h1-10,16-18H,11-13H2;1H. The molecule has 2 N–H and O–H groups in total. The van der Waals surface area contributed by atoms with Gasteiger partial charge in [-0.05, 0) is 24.0 Å².